The minimum Gasteiger partial charge on any atom is -0.493 e. The Morgan fingerprint density at radius 3 is 2.54 bits per heavy atom. The van der Waals surface area contributed by atoms with E-state index in [4.69, 9.17) is 14.2 Å². The Labute approximate surface area is 165 Å². The van der Waals surface area contributed by atoms with E-state index < -0.39 is 0 Å². The Morgan fingerprint density at radius 2 is 1.86 bits per heavy atom. The predicted molar refractivity (Wildman–Crippen MR) is 109 cm³/mol. The molecular formula is C21H28FN3O3. The van der Waals surface area contributed by atoms with E-state index in [0.717, 1.165) is 12.1 Å². The number of methoxy groups -OCH3 is 2. The number of hydrogen-bond acceptors (Lipinski definition) is 4. The van der Waals surface area contributed by atoms with Gasteiger partial charge in [-0.25, -0.2) is 9.38 Å². The van der Waals surface area contributed by atoms with Crippen LogP contribution in [0.15, 0.2) is 47.5 Å². The van der Waals surface area contributed by atoms with E-state index in [0.29, 0.717) is 36.3 Å². The SMILES string of the molecule is CCNC(=NCc1ccc(OC)c(OC)c1)NCC(C)Oc1cccc(F)c1. The number of benzene rings is 2. The summed E-state index contributed by atoms with van der Waals surface area (Å²) in [5, 5.41) is 6.44. The predicted octanol–water partition coefficient (Wildman–Crippen LogP) is 3.37. The van der Waals surface area contributed by atoms with Gasteiger partial charge < -0.3 is 24.8 Å². The third kappa shape index (κ3) is 6.64. The second kappa shape index (κ2) is 11.0. The lowest BCUT2D eigenvalue weighted by Gasteiger charge is -2.18. The number of ether oxygens (including phenoxy) is 3. The van der Waals surface area contributed by atoms with Gasteiger partial charge in [0.25, 0.3) is 0 Å². The van der Waals surface area contributed by atoms with Crippen molar-refractivity contribution in [1.29, 1.82) is 0 Å². The molecule has 7 heteroatoms. The number of guanidine groups is 1. The van der Waals surface area contributed by atoms with Crippen molar-refractivity contribution >= 4 is 5.96 Å². The molecule has 0 bridgehead atoms. The normalized spacial score (nSPS) is 12.2. The minimum absolute atomic E-state index is 0.160. The number of rotatable bonds is 9. The number of nitrogens with one attached hydrogen (secondary N) is 2. The second-order valence-corrected chi connectivity index (χ2v) is 6.15. The maximum atomic E-state index is 13.3. The first-order valence-corrected chi connectivity index (χ1v) is 9.21. The number of halogens is 1. The van der Waals surface area contributed by atoms with Crippen LogP contribution in [-0.2, 0) is 6.54 Å². The van der Waals surface area contributed by atoms with Crippen LogP contribution in [0.3, 0.4) is 0 Å². The van der Waals surface area contributed by atoms with Crippen molar-refractivity contribution in [2.45, 2.75) is 26.5 Å². The van der Waals surface area contributed by atoms with Gasteiger partial charge in [0.2, 0.25) is 0 Å². The molecule has 0 saturated heterocycles. The molecular weight excluding hydrogens is 361 g/mol. The van der Waals surface area contributed by atoms with Gasteiger partial charge in [-0.3, -0.25) is 0 Å². The van der Waals surface area contributed by atoms with Crippen LogP contribution in [0.5, 0.6) is 17.2 Å². The van der Waals surface area contributed by atoms with Crippen LogP contribution in [0.25, 0.3) is 0 Å². The van der Waals surface area contributed by atoms with Crippen LogP contribution >= 0.6 is 0 Å². The fourth-order valence-electron chi connectivity index (χ4n) is 2.55. The van der Waals surface area contributed by atoms with Gasteiger partial charge in [-0.1, -0.05) is 12.1 Å². The van der Waals surface area contributed by atoms with Gasteiger partial charge in [0.1, 0.15) is 17.7 Å². The Hall–Kier alpha value is -2.96. The van der Waals surface area contributed by atoms with E-state index in [9.17, 15) is 4.39 Å². The molecule has 0 aliphatic heterocycles. The first-order chi connectivity index (χ1) is 13.5. The summed E-state index contributed by atoms with van der Waals surface area (Å²) in [6, 6.07) is 11.8. The van der Waals surface area contributed by atoms with E-state index >= 15 is 0 Å². The Kier molecular flexibility index (Phi) is 8.39. The van der Waals surface area contributed by atoms with Crippen LogP contribution in [0.4, 0.5) is 4.39 Å². The molecule has 0 aromatic heterocycles. The molecule has 0 aliphatic rings. The standard InChI is InChI=1S/C21H28FN3O3/c1-5-23-21(24-13-15(2)28-18-8-6-7-17(22)12-18)25-14-16-9-10-19(26-3)20(11-16)27-4/h6-12,15H,5,13-14H2,1-4H3,(H2,23,24,25). The molecule has 2 aromatic carbocycles. The Balaban J connectivity index is 1.94. The van der Waals surface area contributed by atoms with Crippen molar-refractivity contribution in [2.24, 2.45) is 4.99 Å². The zero-order chi connectivity index (χ0) is 20.4. The summed E-state index contributed by atoms with van der Waals surface area (Å²) < 4.78 is 29.6. The molecule has 1 unspecified atom stereocenters. The van der Waals surface area contributed by atoms with Gasteiger partial charge in [-0.05, 0) is 43.7 Å². The van der Waals surface area contributed by atoms with Crippen LogP contribution in [0.2, 0.25) is 0 Å². The summed E-state index contributed by atoms with van der Waals surface area (Å²) in [4.78, 5) is 4.59. The molecule has 0 aliphatic carbocycles. The summed E-state index contributed by atoms with van der Waals surface area (Å²) in [5.41, 5.74) is 0.999. The first kappa shape index (κ1) is 21.3. The second-order valence-electron chi connectivity index (χ2n) is 6.15. The lowest BCUT2D eigenvalue weighted by atomic mass is 10.2. The zero-order valence-electron chi connectivity index (χ0n) is 16.8. The van der Waals surface area contributed by atoms with E-state index in [-0.39, 0.29) is 11.9 Å². The smallest absolute Gasteiger partial charge is 0.191 e. The molecule has 2 aromatic rings. The van der Waals surface area contributed by atoms with Gasteiger partial charge in [-0.15, -0.1) is 0 Å². The highest BCUT2D eigenvalue weighted by Crippen LogP contribution is 2.27. The van der Waals surface area contributed by atoms with Crippen molar-refractivity contribution < 1.29 is 18.6 Å². The largest absolute Gasteiger partial charge is 0.493 e. The highest BCUT2D eigenvalue weighted by Gasteiger charge is 2.08. The molecule has 0 fully saturated rings. The van der Waals surface area contributed by atoms with Crippen LogP contribution in [-0.4, -0.2) is 39.4 Å². The number of aliphatic imine (C=N–C) groups is 1. The summed E-state index contributed by atoms with van der Waals surface area (Å²) >= 11 is 0. The maximum Gasteiger partial charge on any atom is 0.191 e. The number of hydrogen-bond donors (Lipinski definition) is 2. The monoisotopic (exact) mass is 389 g/mol. The molecule has 0 heterocycles. The van der Waals surface area contributed by atoms with Gasteiger partial charge in [-0.2, -0.15) is 0 Å². The van der Waals surface area contributed by atoms with Crippen molar-refractivity contribution in [3.8, 4) is 17.2 Å². The quantitative estimate of drug-likeness (QED) is 0.509. The highest BCUT2D eigenvalue weighted by atomic mass is 19.1. The number of nitrogens with zero attached hydrogens (tertiary/aromatic N) is 1. The molecule has 2 N–H and O–H groups in total. The maximum absolute atomic E-state index is 13.3. The molecule has 0 radical (unpaired) electrons. The van der Waals surface area contributed by atoms with Gasteiger partial charge in [0.15, 0.2) is 17.5 Å². The van der Waals surface area contributed by atoms with Crippen LogP contribution in [0.1, 0.15) is 19.4 Å². The van der Waals surface area contributed by atoms with Crippen LogP contribution < -0.4 is 24.8 Å². The average molecular weight is 389 g/mol. The lowest BCUT2D eigenvalue weighted by molar-refractivity contribution is 0.223. The van der Waals surface area contributed by atoms with Gasteiger partial charge in [0, 0.05) is 12.6 Å². The molecule has 2 rings (SSSR count). The Bertz CT molecular complexity index is 783. The summed E-state index contributed by atoms with van der Waals surface area (Å²) in [5.74, 6) is 2.21. The van der Waals surface area contributed by atoms with Crippen molar-refractivity contribution in [2.75, 3.05) is 27.3 Å². The molecule has 6 nitrogen and oxygen atoms in total. The minimum atomic E-state index is -0.317. The lowest BCUT2D eigenvalue weighted by Crippen LogP contribution is -2.41. The van der Waals surface area contributed by atoms with Gasteiger partial charge >= 0.3 is 0 Å². The topological polar surface area (TPSA) is 64.1 Å². The van der Waals surface area contributed by atoms with E-state index in [1.54, 1.807) is 26.4 Å². The molecule has 1 atom stereocenters. The third-order valence-electron chi connectivity index (χ3n) is 3.90. The molecule has 0 saturated carbocycles. The molecule has 0 amide bonds. The summed E-state index contributed by atoms with van der Waals surface area (Å²) in [6.07, 6.45) is -0.160. The van der Waals surface area contributed by atoms with E-state index in [1.807, 2.05) is 32.0 Å². The first-order valence-electron chi connectivity index (χ1n) is 9.21. The van der Waals surface area contributed by atoms with Crippen molar-refractivity contribution in [1.82, 2.24) is 10.6 Å². The zero-order valence-corrected chi connectivity index (χ0v) is 16.8. The summed E-state index contributed by atoms with van der Waals surface area (Å²) in [6.45, 7) is 5.65. The highest BCUT2D eigenvalue weighted by molar-refractivity contribution is 5.79. The fourth-order valence-corrected chi connectivity index (χ4v) is 2.55. The van der Waals surface area contributed by atoms with Crippen LogP contribution in [0, 0.1) is 5.82 Å². The summed E-state index contributed by atoms with van der Waals surface area (Å²) in [7, 11) is 3.21. The average Bonchev–Trinajstić information content (AvgIpc) is 2.69. The van der Waals surface area contributed by atoms with Crippen molar-refractivity contribution in [3.05, 3.63) is 53.8 Å². The van der Waals surface area contributed by atoms with Gasteiger partial charge in [0.05, 0.1) is 27.3 Å². The van der Waals surface area contributed by atoms with E-state index in [1.165, 1.54) is 12.1 Å². The molecule has 0 spiro atoms. The Morgan fingerprint density at radius 1 is 1.07 bits per heavy atom. The van der Waals surface area contributed by atoms with Crippen molar-refractivity contribution in [3.63, 3.8) is 0 Å². The third-order valence-corrected chi connectivity index (χ3v) is 3.90. The fraction of sp³-hybridized carbons (Fsp3) is 0.381. The molecule has 28 heavy (non-hydrogen) atoms. The molecule has 152 valence electrons. The van der Waals surface area contributed by atoms with E-state index in [2.05, 4.69) is 15.6 Å².